The summed E-state index contributed by atoms with van der Waals surface area (Å²) in [5.41, 5.74) is -0.538. The molecule has 4 nitrogen and oxygen atoms in total. The van der Waals surface area contributed by atoms with E-state index in [1.165, 1.54) is 6.42 Å². The lowest BCUT2D eigenvalue weighted by atomic mass is 9.81. The van der Waals surface area contributed by atoms with Crippen molar-refractivity contribution in [1.29, 1.82) is 0 Å². The van der Waals surface area contributed by atoms with Crippen LogP contribution in [0.25, 0.3) is 0 Å². The Kier molecular flexibility index (Phi) is 4.16. The third-order valence-electron chi connectivity index (χ3n) is 4.57. The lowest BCUT2D eigenvalue weighted by Gasteiger charge is -2.38. The van der Waals surface area contributed by atoms with Crippen LogP contribution in [0.3, 0.4) is 0 Å². The van der Waals surface area contributed by atoms with Gasteiger partial charge in [0.2, 0.25) is 0 Å². The van der Waals surface area contributed by atoms with E-state index < -0.39 is 11.5 Å². The second-order valence-corrected chi connectivity index (χ2v) is 6.39. The summed E-state index contributed by atoms with van der Waals surface area (Å²) in [5.74, 6) is -0.288. The summed E-state index contributed by atoms with van der Waals surface area (Å²) in [6, 6.07) is 0. The highest BCUT2D eigenvalue weighted by Crippen LogP contribution is 2.35. The standard InChI is InChI=1S/C15H24O4/c1-4-15(2,3)14(17)19-12-9-10-7-5-6-8-11(10)18-13(12)16/h10-12H,4-9H2,1-3H3. The normalized spacial score (nSPS) is 31.3. The summed E-state index contributed by atoms with van der Waals surface area (Å²) < 4.78 is 10.8. The van der Waals surface area contributed by atoms with Gasteiger partial charge in [-0.3, -0.25) is 4.79 Å². The van der Waals surface area contributed by atoms with Crippen molar-refractivity contribution in [2.24, 2.45) is 11.3 Å². The van der Waals surface area contributed by atoms with Gasteiger partial charge in [-0.25, -0.2) is 4.79 Å². The third kappa shape index (κ3) is 3.10. The molecule has 0 N–H and O–H groups in total. The monoisotopic (exact) mass is 268 g/mol. The van der Waals surface area contributed by atoms with Crippen molar-refractivity contribution in [3.05, 3.63) is 0 Å². The smallest absolute Gasteiger partial charge is 0.347 e. The van der Waals surface area contributed by atoms with Crippen LogP contribution in [0.15, 0.2) is 0 Å². The quantitative estimate of drug-likeness (QED) is 0.739. The molecule has 0 spiro atoms. The number of rotatable bonds is 3. The first-order chi connectivity index (χ1) is 8.94. The van der Waals surface area contributed by atoms with E-state index in [1.807, 2.05) is 20.8 Å². The molecule has 0 bridgehead atoms. The van der Waals surface area contributed by atoms with Crippen LogP contribution in [0.5, 0.6) is 0 Å². The highest BCUT2D eigenvalue weighted by molar-refractivity contribution is 5.82. The van der Waals surface area contributed by atoms with Gasteiger partial charge < -0.3 is 9.47 Å². The van der Waals surface area contributed by atoms with Gasteiger partial charge in [0.15, 0.2) is 6.10 Å². The summed E-state index contributed by atoms with van der Waals surface area (Å²) in [7, 11) is 0. The first-order valence-electron chi connectivity index (χ1n) is 7.35. The maximum absolute atomic E-state index is 12.0. The predicted molar refractivity (Wildman–Crippen MR) is 70.4 cm³/mol. The van der Waals surface area contributed by atoms with E-state index in [2.05, 4.69) is 0 Å². The Morgan fingerprint density at radius 1 is 1.37 bits per heavy atom. The molecule has 1 heterocycles. The Hall–Kier alpha value is -1.06. The molecule has 4 heteroatoms. The summed E-state index contributed by atoms with van der Waals surface area (Å²) >= 11 is 0. The molecule has 2 aliphatic rings. The zero-order valence-corrected chi connectivity index (χ0v) is 12.1. The number of carbonyl (C=O) groups is 2. The van der Waals surface area contributed by atoms with E-state index in [4.69, 9.17) is 9.47 Å². The summed E-state index contributed by atoms with van der Waals surface area (Å²) in [5, 5.41) is 0. The minimum absolute atomic E-state index is 0.0513. The predicted octanol–water partition coefficient (Wildman–Crippen LogP) is 2.84. The molecular weight excluding hydrogens is 244 g/mol. The van der Waals surface area contributed by atoms with Crippen molar-refractivity contribution in [3.63, 3.8) is 0 Å². The molecule has 0 radical (unpaired) electrons. The van der Waals surface area contributed by atoms with E-state index in [9.17, 15) is 9.59 Å². The molecule has 0 amide bonds. The van der Waals surface area contributed by atoms with Gasteiger partial charge in [0, 0.05) is 12.3 Å². The van der Waals surface area contributed by atoms with Gasteiger partial charge in [-0.1, -0.05) is 13.3 Å². The van der Waals surface area contributed by atoms with Gasteiger partial charge in [-0.15, -0.1) is 0 Å². The fourth-order valence-corrected chi connectivity index (χ4v) is 2.72. The number of ether oxygens (including phenoxy) is 2. The molecule has 19 heavy (non-hydrogen) atoms. The second-order valence-electron chi connectivity index (χ2n) is 6.39. The second kappa shape index (κ2) is 5.51. The topological polar surface area (TPSA) is 52.6 Å². The van der Waals surface area contributed by atoms with Gasteiger partial charge in [0.1, 0.15) is 6.10 Å². The lowest BCUT2D eigenvalue weighted by Crippen LogP contribution is -2.45. The third-order valence-corrected chi connectivity index (χ3v) is 4.57. The van der Waals surface area contributed by atoms with Crippen LogP contribution in [0, 0.1) is 11.3 Å². The minimum Gasteiger partial charge on any atom is -0.459 e. The molecule has 3 atom stereocenters. The Morgan fingerprint density at radius 3 is 2.74 bits per heavy atom. The fraction of sp³-hybridized carbons (Fsp3) is 0.867. The summed E-state index contributed by atoms with van der Waals surface area (Å²) in [6.07, 6.45) is 5.02. The van der Waals surface area contributed by atoms with E-state index in [0.29, 0.717) is 18.8 Å². The van der Waals surface area contributed by atoms with Crippen LogP contribution in [0.4, 0.5) is 0 Å². The van der Waals surface area contributed by atoms with Gasteiger partial charge in [-0.05, 0) is 39.5 Å². The molecule has 3 unspecified atom stereocenters. The van der Waals surface area contributed by atoms with Crippen molar-refractivity contribution in [2.75, 3.05) is 0 Å². The van der Waals surface area contributed by atoms with Gasteiger partial charge in [-0.2, -0.15) is 0 Å². The first kappa shape index (κ1) is 14.4. The molecule has 0 aromatic heterocycles. The molecule has 2 rings (SSSR count). The van der Waals surface area contributed by atoms with E-state index in [0.717, 1.165) is 19.3 Å². The minimum atomic E-state index is -0.697. The molecule has 1 saturated carbocycles. The number of hydrogen-bond acceptors (Lipinski definition) is 4. The molecule has 0 aromatic rings. The molecular formula is C15H24O4. The molecule has 1 aliphatic heterocycles. The van der Waals surface area contributed by atoms with Crippen LogP contribution in [0.1, 0.15) is 59.3 Å². The fourth-order valence-electron chi connectivity index (χ4n) is 2.72. The average Bonchev–Trinajstić information content (AvgIpc) is 2.39. The van der Waals surface area contributed by atoms with E-state index in [1.54, 1.807) is 0 Å². The number of hydrogen-bond donors (Lipinski definition) is 0. The highest BCUT2D eigenvalue weighted by atomic mass is 16.6. The van der Waals surface area contributed by atoms with Gasteiger partial charge >= 0.3 is 11.9 Å². The van der Waals surface area contributed by atoms with Gasteiger partial charge in [0.05, 0.1) is 5.41 Å². The van der Waals surface area contributed by atoms with Crippen molar-refractivity contribution >= 4 is 11.9 Å². The van der Waals surface area contributed by atoms with E-state index >= 15 is 0 Å². The maximum atomic E-state index is 12.0. The van der Waals surface area contributed by atoms with Crippen LogP contribution < -0.4 is 0 Å². The molecule has 108 valence electrons. The van der Waals surface area contributed by atoms with Crippen molar-refractivity contribution in [2.45, 2.75) is 71.5 Å². The molecule has 2 fully saturated rings. The molecule has 0 aromatic carbocycles. The van der Waals surface area contributed by atoms with Gasteiger partial charge in [0.25, 0.3) is 0 Å². The van der Waals surface area contributed by atoms with Crippen LogP contribution in [-0.4, -0.2) is 24.1 Å². The number of esters is 2. The summed E-state index contributed by atoms with van der Waals surface area (Å²) in [4.78, 5) is 23.9. The Bertz CT molecular complexity index is 361. The zero-order chi connectivity index (χ0) is 14.0. The SMILES string of the molecule is CCC(C)(C)C(=O)OC1CC2CCCCC2OC1=O. The number of fused-ring (bicyclic) bond motifs is 1. The maximum Gasteiger partial charge on any atom is 0.347 e. The highest BCUT2D eigenvalue weighted by Gasteiger charge is 2.42. The number of carbonyl (C=O) groups excluding carboxylic acids is 2. The Balaban J connectivity index is 1.97. The van der Waals surface area contributed by atoms with Crippen molar-refractivity contribution in [3.8, 4) is 0 Å². The van der Waals surface area contributed by atoms with Crippen LogP contribution >= 0.6 is 0 Å². The summed E-state index contributed by atoms with van der Waals surface area (Å²) in [6.45, 7) is 5.62. The zero-order valence-electron chi connectivity index (χ0n) is 12.1. The van der Waals surface area contributed by atoms with Crippen molar-refractivity contribution in [1.82, 2.24) is 0 Å². The average molecular weight is 268 g/mol. The lowest BCUT2D eigenvalue weighted by molar-refractivity contribution is -0.190. The molecule has 1 saturated heterocycles. The van der Waals surface area contributed by atoms with Crippen molar-refractivity contribution < 1.29 is 19.1 Å². The van der Waals surface area contributed by atoms with E-state index in [-0.39, 0.29) is 18.0 Å². The Labute approximate surface area is 114 Å². The van der Waals surface area contributed by atoms with Crippen LogP contribution in [-0.2, 0) is 19.1 Å². The molecule has 1 aliphatic carbocycles. The van der Waals surface area contributed by atoms with Crippen LogP contribution in [0.2, 0.25) is 0 Å². The first-order valence-corrected chi connectivity index (χ1v) is 7.35. The Morgan fingerprint density at radius 2 is 2.05 bits per heavy atom. The largest absolute Gasteiger partial charge is 0.459 e.